The van der Waals surface area contributed by atoms with Crippen molar-refractivity contribution in [3.63, 3.8) is 0 Å². The van der Waals surface area contributed by atoms with Crippen molar-refractivity contribution in [2.45, 2.75) is 250 Å². The third kappa shape index (κ3) is 23.5. The van der Waals surface area contributed by atoms with Crippen molar-refractivity contribution in [3.05, 3.63) is 0 Å². The van der Waals surface area contributed by atoms with Gasteiger partial charge in [-0.2, -0.15) is 0 Å². The highest BCUT2D eigenvalue weighted by molar-refractivity contribution is 5.76. The molecule has 0 bridgehead atoms. The molecule has 49 heavy (non-hydrogen) atoms. The lowest BCUT2D eigenvalue weighted by Gasteiger charge is -2.45. The van der Waals surface area contributed by atoms with Crippen LogP contribution >= 0.6 is 0 Å². The highest BCUT2D eigenvalue weighted by atomic mass is 16.5. The molecule has 0 spiro atoms. The van der Waals surface area contributed by atoms with E-state index in [0.717, 1.165) is 38.5 Å². The van der Waals surface area contributed by atoms with Crippen LogP contribution in [0, 0.1) is 0 Å². The summed E-state index contributed by atoms with van der Waals surface area (Å²) in [6.07, 6.45) is 36.1. The first-order valence-electron chi connectivity index (χ1n) is 21.6. The van der Waals surface area contributed by atoms with Gasteiger partial charge in [-0.15, -0.1) is 0 Å². The molecule has 1 rings (SSSR count). The molecule has 5 atom stereocenters. The first-order valence-corrected chi connectivity index (χ1v) is 21.6. The van der Waals surface area contributed by atoms with E-state index in [1.807, 2.05) is 0 Å². The molecule has 1 heterocycles. The predicted molar refractivity (Wildman–Crippen MR) is 207 cm³/mol. The van der Waals surface area contributed by atoms with Gasteiger partial charge >= 0.3 is 0 Å². The zero-order valence-electron chi connectivity index (χ0n) is 32.6. The first-order chi connectivity index (χ1) is 24.0. The lowest BCUT2D eigenvalue weighted by molar-refractivity contribution is -0.226. The Hall–Kier alpha value is -0.730. The number of ether oxygens (including phenoxy) is 1. The van der Waals surface area contributed by atoms with E-state index in [9.17, 15) is 20.1 Å². The van der Waals surface area contributed by atoms with E-state index in [4.69, 9.17) is 10.5 Å². The summed E-state index contributed by atoms with van der Waals surface area (Å²) in [5, 5.41) is 30.6. The Kier molecular flexibility index (Phi) is 31.3. The maximum absolute atomic E-state index is 13.5. The van der Waals surface area contributed by atoms with Gasteiger partial charge in [0.25, 0.3) is 0 Å². The smallest absolute Gasteiger partial charge is 0.224 e. The van der Waals surface area contributed by atoms with Crippen molar-refractivity contribution in [1.29, 1.82) is 0 Å². The number of hydrogen-bond acceptors (Lipinski definition) is 6. The molecule has 1 fully saturated rings. The Morgan fingerprint density at radius 3 is 1.20 bits per heavy atom. The molecule has 0 aliphatic carbocycles. The van der Waals surface area contributed by atoms with E-state index < -0.39 is 37.2 Å². The molecule has 1 saturated heterocycles. The van der Waals surface area contributed by atoms with Crippen LogP contribution in [-0.4, -0.2) is 69.9 Å². The maximum Gasteiger partial charge on any atom is 0.224 e. The van der Waals surface area contributed by atoms with Gasteiger partial charge in [-0.05, 0) is 12.8 Å². The number of hydrogen-bond donors (Lipinski definition) is 4. The van der Waals surface area contributed by atoms with Crippen molar-refractivity contribution >= 4 is 5.91 Å². The number of unbranched alkanes of at least 4 members (excludes halogenated alkanes) is 29. The summed E-state index contributed by atoms with van der Waals surface area (Å²) in [5.74, 6) is -0.00335. The minimum Gasteiger partial charge on any atom is -0.394 e. The van der Waals surface area contributed by atoms with E-state index in [1.165, 1.54) is 161 Å². The van der Waals surface area contributed by atoms with Crippen molar-refractivity contribution in [2.75, 3.05) is 13.2 Å². The Morgan fingerprint density at radius 1 is 0.531 bits per heavy atom. The lowest BCUT2D eigenvalue weighted by atomic mass is 9.95. The van der Waals surface area contributed by atoms with Crippen molar-refractivity contribution < 1.29 is 24.9 Å². The molecular formula is C42H84N2O5. The standard InChI is InChI=1S/C42H84N2O5/c1-3-5-7-9-11-13-15-17-19-21-23-25-27-29-31-33-35-44(42-39(43)41(48)40(47)37(36-45)49-42)38(46)34-32-30-28-26-24-22-20-18-16-14-12-10-8-6-4-2/h37,39-42,45,47-48H,3-36,43H2,1-2H3/t37-,39-,40+,41-,42-/m1/s1. The lowest BCUT2D eigenvalue weighted by Crippen LogP contribution is -2.67. The van der Waals surface area contributed by atoms with E-state index >= 15 is 0 Å². The first kappa shape index (κ1) is 46.3. The Labute approximate surface area is 303 Å². The zero-order chi connectivity index (χ0) is 35.8. The van der Waals surface area contributed by atoms with Gasteiger partial charge in [0.05, 0.1) is 12.6 Å². The number of aliphatic hydroxyl groups is 3. The molecule has 1 amide bonds. The molecule has 5 N–H and O–H groups in total. The fourth-order valence-corrected chi connectivity index (χ4v) is 7.41. The summed E-state index contributed by atoms with van der Waals surface area (Å²) in [6, 6.07) is -0.913. The highest BCUT2D eigenvalue weighted by Gasteiger charge is 2.45. The number of carbonyl (C=O) groups excluding carboxylic acids is 1. The van der Waals surface area contributed by atoms with Crippen molar-refractivity contribution in [2.24, 2.45) is 5.73 Å². The minimum absolute atomic E-state index is 0.00335. The molecule has 292 valence electrons. The highest BCUT2D eigenvalue weighted by Crippen LogP contribution is 2.25. The molecule has 0 saturated carbocycles. The number of aliphatic hydroxyl groups excluding tert-OH is 3. The molecule has 1 aliphatic heterocycles. The number of nitrogens with two attached hydrogens (primary N) is 1. The molecule has 7 heteroatoms. The van der Waals surface area contributed by atoms with Crippen molar-refractivity contribution in [3.8, 4) is 0 Å². The van der Waals surface area contributed by atoms with Gasteiger partial charge in [0.1, 0.15) is 18.3 Å². The number of amides is 1. The van der Waals surface area contributed by atoms with E-state index in [2.05, 4.69) is 13.8 Å². The van der Waals surface area contributed by atoms with Crippen LogP contribution in [0.25, 0.3) is 0 Å². The number of nitrogens with zero attached hydrogens (tertiary/aromatic N) is 1. The number of rotatable bonds is 35. The van der Waals surface area contributed by atoms with Gasteiger partial charge < -0.3 is 30.7 Å². The predicted octanol–water partition coefficient (Wildman–Crippen LogP) is 10.1. The SMILES string of the molecule is CCCCCCCCCCCCCCCCCCN(C(=O)CCCCCCCCCCCCCCCCC)[C@@H]1O[C@H](CO)[C@H](O)[C@H](O)[C@H]1N. The second-order valence-corrected chi connectivity index (χ2v) is 15.4. The Balaban J connectivity index is 2.27. The molecule has 0 aromatic carbocycles. The van der Waals surface area contributed by atoms with Gasteiger partial charge in [-0.3, -0.25) is 4.79 Å². The largest absolute Gasteiger partial charge is 0.394 e. The third-order valence-corrected chi connectivity index (χ3v) is 10.8. The van der Waals surface area contributed by atoms with Crippen LogP contribution in [0.4, 0.5) is 0 Å². The van der Waals surface area contributed by atoms with Gasteiger partial charge in [-0.25, -0.2) is 0 Å². The molecular weight excluding hydrogens is 612 g/mol. The molecule has 0 aromatic heterocycles. The fraction of sp³-hybridized carbons (Fsp3) is 0.976. The van der Waals surface area contributed by atoms with Gasteiger partial charge in [-0.1, -0.05) is 200 Å². The summed E-state index contributed by atoms with van der Waals surface area (Å²) < 4.78 is 5.94. The quantitative estimate of drug-likeness (QED) is 0.0490. The summed E-state index contributed by atoms with van der Waals surface area (Å²) in [6.45, 7) is 4.64. The van der Waals surface area contributed by atoms with Crippen LogP contribution in [0.2, 0.25) is 0 Å². The molecule has 0 aromatic rings. The minimum atomic E-state index is -1.26. The second-order valence-electron chi connectivity index (χ2n) is 15.4. The molecule has 0 unspecified atom stereocenters. The summed E-state index contributed by atoms with van der Waals surface area (Å²) in [7, 11) is 0. The Morgan fingerprint density at radius 2 is 0.857 bits per heavy atom. The monoisotopic (exact) mass is 697 g/mol. The summed E-state index contributed by atoms with van der Waals surface area (Å²) in [5.41, 5.74) is 6.30. The Bertz CT molecular complexity index is 723. The van der Waals surface area contributed by atoms with Crippen LogP contribution in [0.1, 0.15) is 219 Å². The molecule has 1 aliphatic rings. The topological polar surface area (TPSA) is 116 Å². The van der Waals surface area contributed by atoms with Crippen LogP contribution in [0.5, 0.6) is 0 Å². The van der Waals surface area contributed by atoms with E-state index in [0.29, 0.717) is 13.0 Å². The maximum atomic E-state index is 13.5. The summed E-state index contributed by atoms with van der Waals surface area (Å²) in [4.78, 5) is 15.2. The molecule has 0 radical (unpaired) electrons. The third-order valence-electron chi connectivity index (χ3n) is 10.8. The van der Waals surface area contributed by atoms with Crippen LogP contribution in [0.15, 0.2) is 0 Å². The van der Waals surface area contributed by atoms with E-state index in [-0.39, 0.29) is 5.91 Å². The van der Waals surface area contributed by atoms with Crippen LogP contribution in [0.3, 0.4) is 0 Å². The zero-order valence-corrected chi connectivity index (χ0v) is 32.6. The fourth-order valence-electron chi connectivity index (χ4n) is 7.41. The number of carbonyl (C=O) groups is 1. The second kappa shape index (κ2) is 33.1. The molecule has 7 nitrogen and oxygen atoms in total. The van der Waals surface area contributed by atoms with Gasteiger partial charge in [0.15, 0.2) is 6.23 Å². The normalized spacial score (nSPS) is 21.0. The van der Waals surface area contributed by atoms with Gasteiger partial charge in [0, 0.05) is 13.0 Å². The van der Waals surface area contributed by atoms with Crippen molar-refractivity contribution in [1.82, 2.24) is 4.90 Å². The van der Waals surface area contributed by atoms with E-state index in [1.54, 1.807) is 4.90 Å². The average molecular weight is 697 g/mol. The average Bonchev–Trinajstić information content (AvgIpc) is 3.10. The van der Waals surface area contributed by atoms with Crippen LogP contribution in [-0.2, 0) is 9.53 Å². The van der Waals surface area contributed by atoms with Gasteiger partial charge in [0.2, 0.25) is 5.91 Å². The summed E-state index contributed by atoms with van der Waals surface area (Å²) >= 11 is 0. The van der Waals surface area contributed by atoms with Crippen LogP contribution < -0.4 is 5.73 Å².